The normalized spacial score (nSPS) is 20.6. The summed E-state index contributed by atoms with van der Waals surface area (Å²) in [5, 5.41) is 3.15. The second kappa shape index (κ2) is 8.45. The van der Waals surface area contributed by atoms with E-state index in [1.54, 1.807) is 0 Å². The molecule has 2 N–H and O–H groups in total. The standard InChI is InChI=1S/C18H26N4O3S.ClH/c1-2-18-21-16-9-13(3-6-17(16)22(18)14-4-5-14)10-20-26(23,24)12-15-11-19-7-8-25-15;/h3,6,9,14-15,19-20H,2,4-5,7-8,10-12H2,1H3;1H. The Kier molecular flexibility index (Phi) is 6.43. The van der Waals surface area contributed by atoms with E-state index in [0.29, 0.717) is 19.2 Å². The van der Waals surface area contributed by atoms with E-state index in [4.69, 9.17) is 9.72 Å². The Bertz CT molecular complexity index is 889. The van der Waals surface area contributed by atoms with Crippen molar-refractivity contribution in [2.75, 3.05) is 25.4 Å². The third kappa shape index (κ3) is 4.81. The number of halogens is 1. The molecule has 2 fully saturated rings. The minimum atomic E-state index is -3.38. The molecule has 9 heteroatoms. The molecule has 1 saturated carbocycles. The monoisotopic (exact) mass is 414 g/mol. The SMILES string of the molecule is CCc1nc2cc(CNS(=O)(=O)CC3CNCCO3)ccc2n1C1CC1.Cl. The highest BCUT2D eigenvalue weighted by Crippen LogP contribution is 2.38. The van der Waals surface area contributed by atoms with E-state index in [1.807, 2.05) is 12.1 Å². The van der Waals surface area contributed by atoms with Crippen molar-refractivity contribution in [2.45, 2.75) is 44.9 Å². The van der Waals surface area contributed by atoms with Crippen LogP contribution in [-0.4, -0.2) is 49.5 Å². The van der Waals surface area contributed by atoms with Gasteiger partial charge in [0.05, 0.1) is 29.5 Å². The van der Waals surface area contributed by atoms with Crippen LogP contribution in [0.3, 0.4) is 0 Å². The number of hydrogen-bond donors (Lipinski definition) is 2. The second-order valence-corrected chi connectivity index (χ2v) is 8.96. The molecule has 0 amide bonds. The van der Waals surface area contributed by atoms with Crippen LogP contribution < -0.4 is 10.0 Å². The first kappa shape index (κ1) is 20.5. The number of aromatic nitrogens is 2. The second-order valence-electron chi connectivity index (χ2n) is 7.11. The molecule has 27 heavy (non-hydrogen) atoms. The number of aryl methyl sites for hydroxylation is 1. The largest absolute Gasteiger partial charge is 0.374 e. The van der Waals surface area contributed by atoms with E-state index in [2.05, 4.69) is 27.6 Å². The molecule has 1 aliphatic heterocycles. The van der Waals surface area contributed by atoms with Crippen molar-refractivity contribution >= 4 is 33.5 Å². The molecule has 7 nitrogen and oxygen atoms in total. The molecular formula is C18H27ClN4O3S. The summed E-state index contributed by atoms with van der Waals surface area (Å²) < 4.78 is 35.1. The molecule has 1 aromatic heterocycles. The molecule has 1 unspecified atom stereocenters. The highest BCUT2D eigenvalue weighted by atomic mass is 35.5. The summed E-state index contributed by atoms with van der Waals surface area (Å²) in [7, 11) is -3.38. The van der Waals surface area contributed by atoms with E-state index < -0.39 is 10.0 Å². The molecule has 0 radical (unpaired) electrons. The van der Waals surface area contributed by atoms with Crippen molar-refractivity contribution in [2.24, 2.45) is 0 Å². The Morgan fingerprint density at radius 2 is 2.19 bits per heavy atom. The topological polar surface area (TPSA) is 85.2 Å². The fraction of sp³-hybridized carbons (Fsp3) is 0.611. The van der Waals surface area contributed by atoms with E-state index >= 15 is 0 Å². The first-order valence-corrected chi connectivity index (χ1v) is 11.0. The Balaban J connectivity index is 0.00000210. The minimum Gasteiger partial charge on any atom is -0.374 e. The number of morpholine rings is 1. The van der Waals surface area contributed by atoms with Gasteiger partial charge >= 0.3 is 0 Å². The zero-order valence-electron chi connectivity index (χ0n) is 15.5. The Morgan fingerprint density at radius 1 is 1.37 bits per heavy atom. The Morgan fingerprint density at radius 3 is 2.85 bits per heavy atom. The highest BCUT2D eigenvalue weighted by Gasteiger charge is 2.27. The molecule has 0 spiro atoms. The van der Waals surface area contributed by atoms with Gasteiger partial charge in [0.2, 0.25) is 10.0 Å². The molecule has 1 saturated heterocycles. The predicted molar refractivity (Wildman–Crippen MR) is 108 cm³/mol. The summed E-state index contributed by atoms with van der Waals surface area (Å²) in [5.41, 5.74) is 3.02. The molecule has 0 bridgehead atoms. The van der Waals surface area contributed by atoms with Crippen LogP contribution in [-0.2, 0) is 27.7 Å². The first-order valence-electron chi connectivity index (χ1n) is 9.35. The van der Waals surface area contributed by atoms with Gasteiger partial charge in [-0.15, -0.1) is 12.4 Å². The van der Waals surface area contributed by atoms with Gasteiger partial charge in [-0.25, -0.2) is 18.1 Å². The van der Waals surface area contributed by atoms with Crippen molar-refractivity contribution < 1.29 is 13.2 Å². The van der Waals surface area contributed by atoms with Crippen LogP contribution in [0.2, 0.25) is 0 Å². The van der Waals surface area contributed by atoms with Crippen molar-refractivity contribution in [3.63, 3.8) is 0 Å². The molecule has 2 aromatic rings. The minimum absolute atomic E-state index is 0. The van der Waals surface area contributed by atoms with Gasteiger partial charge in [0, 0.05) is 32.1 Å². The van der Waals surface area contributed by atoms with E-state index in [9.17, 15) is 8.42 Å². The van der Waals surface area contributed by atoms with Crippen LogP contribution in [0, 0.1) is 0 Å². The molecule has 2 aliphatic rings. The number of benzene rings is 1. The summed E-state index contributed by atoms with van der Waals surface area (Å²) >= 11 is 0. The molecule has 4 rings (SSSR count). The average Bonchev–Trinajstić information content (AvgIpc) is 3.40. The van der Waals surface area contributed by atoms with Crippen LogP contribution in [0.1, 0.15) is 37.2 Å². The van der Waals surface area contributed by atoms with Gasteiger partial charge in [0.1, 0.15) is 5.82 Å². The van der Waals surface area contributed by atoms with Gasteiger partial charge in [0.15, 0.2) is 0 Å². The number of ether oxygens (including phenoxy) is 1. The van der Waals surface area contributed by atoms with Crippen LogP contribution >= 0.6 is 12.4 Å². The maximum atomic E-state index is 12.3. The van der Waals surface area contributed by atoms with Gasteiger partial charge in [-0.3, -0.25) is 0 Å². The summed E-state index contributed by atoms with van der Waals surface area (Å²) in [5.74, 6) is 1.10. The molecule has 150 valence electrons. The number of nitrogens with zero attached hydrogens (tertiary/aromatic N) is 2. The molecule has 2 heterocycles. The fourth-order valence-electron chi connectivity index (χ4n) is 3.52. The summed E-state index contributed by atoms with van der Waals surface area (Å²) in [6.07, 6.45) is 3.06. The molecule has 1 aliphatic carbocycles. The van der Waals surface area contributed by atoms with E-state index in [0.717, 1.165) is 35.4 Å². The lowest BCUT2D eigenvalue weighted by Gasteiger charge is -2.23. The lowest BCUT2D eigenvalue weighted by Crippen LogP contribution is -2.44. The van der Waals surface area contributed by atoms with Gasteiger partial charge in [0.25, 0.3) is 0 Å². The number of fused-ring (bicyclic) bond motifs is 1. The number of rotatable bonds is 7. The number of sulfonamides is 1. The highest BCUT2D eigenvalue weighted by molar-refractivity contribution is 7.89. The smallest absolute Gasteiger partial charge is 0.214 e. The summed E-state index contributed by atoms with van der Waals surface area (Å²) in [6, 6.07) is 6.64. The van der Waals surface area contributed by atoms with Gasteiger partial charge in [-0.2, -0.15) is 0 Å². The molecular weight excluding hydrogens is 388 g/mol. The molecule has 1 atom stereocenters. The third-order valence-electron chi connectivity index (χ3n) is 4.96. The fourth-order valence-corrected chi connectivity index (χ4v) is 4.73. The van der Waals surface area contributed by atoms with Crippen molar-refractivity contribution in [3.05, 3.63) is 29.6 Å². The van der Waals surface area contributed by atoms with Crippen molar-refractivity contribution in [1.29, 1.82) is 0 Å². The molecule has 1 aromatic carbocycles. The van der Waals surface area contributed by atoms with Crippen molar-refractivity contribution in [1.82, 2.24) is 19.6 Å². The Hall–Kier alpha value is -1.19. The maximum Gasteiger partial charge on any atom is 0.214 e. The number of imidazole rings is 1. The third-order valence-corrected chi connectivity index (χ3v) is 6.36. The van der Waals surface area contributed by atoms with Gasteiger partial charge in [-0.05, 0) is 30.5 Å². The summed E-state index contributed by atoms with van der Waals surface area (Å²) in [4.78, 5) is 4.75. The predicted octanol–water partition coefficient (Wildman–Crippen LogP) is 1.76. The lowest BCUT2D eigenvalue weighted by molar-refractivity contribution is 0.0429. The number of hydrogen-bond acceptors (Lipinski definition) is 5. The average molecular weight is 415 g/mol. The van der Waals surface area contributed by atoms with E-state index in [-0.39, 0.29) is 30.8 Å². The summed E-state index contributed by atoms with van der Waals surface area (Å²) in [6.45, 7) is 4.30. The first-order chi connectivity index (χ1) is 12.6. The van der Waals surface area contributed by atoms with Crippen LogP contribution in [0.4, 0.5) is 0 Å². The Labute approximate surface area is 166 Å². The number of nitrogens with one attached hydrogen (secondary N) is 2. The lowest BCUT2D eigenvalue weighted by atomic mass is 10.2. The van der Waals surface area contributed by atoms with Crippen molar-refractivity contribution in [3.8, 4) is 0 Å². The zero-order valence-corrected chi connectivity index (χ0v) is 17.1. The quantitative estimate of drug-likeness (QED) is 0.721. The van der Waals surface area contributed by atoms with Gasteiger partial charge < -0.3 is 14.6 Å². The van der Waals surface area contributed by atoms with Gasteiger partial charge in [-0.1, -0.05) is 13.0 Å². The maximum absolute atomic E-state index is 12.3. The zero-order chi connectivity index (χ0) is 18.1. The van der Waals surface area contributed by atoms with Crippen LogP contribution in [0.5, 0.6) is 0 Å². The van der Waals surface area contributed by atoms with E-state index in [1.165, 1.54) is 12.8 Å². The van der Waals surface area contributed by atoms with Crippen LogP contribution in [0.25, 0.3) is 11.0 Å². The van der Waals surface area contributed by atoms with Crippen LogP contribution in [0.15, 0.2) is 18.2 Å².